The summed E-state index contributed by atoms with van der Waals surface area (Å²) in [5, 5.41) is 14.6. The van der Waals surface area contributed by atoms with E-state index < -0.39 is 18.3 Å². The molecule has 0 saturated heterocycles. The second-order valence-corrected chi connectivity index (χ2v) is 11.4. The lowest BCUT2D eigenvalue weighted by atomic mass is 10.1. The number of nitrogens with one attached hydrogen (secondary N) is 1. The lowest BCUT2D eigenvalue weighted by Crippen LogP contribution is -2.27. The number of hydrogen-bond acceptors (Lipinski definition) is 7. The highest BCUT2D eigenvalue weighted by molar-refractivity contribution is 7.55. The van der Waals surface area contributed by atoms with Gasteiger partial charge in [-0.1, -0.05) is 54.6 Å². The van der Waals surface area contributed by atoms with Crippen molar-refractivity contribution in [2.24, 2.45) is 0 Å². The third-order valence-corrected chi connectivity index (χ3v) is 8.24. The largest absolute Gasteiger partial charge is 0.457 e. The lowest BCUT2D eigenvalue weighted by Gasteiger charge is -2.30. The van der Waals surface area contributed by atoms with Gasteiger partial charge < -0.3 is 19.3 Å². The number of anilines is 2. The van der Waals surface area contributed by atoms with Crippen molar-refractivity contribution in [3.8, 4) is 11.5 Å². The summed E-state index contributed by atoms with van der Waals surface area (Å²) in [6, 6.07) is 30.8. The molecular weight excluding hydrogens is 572 g/mol. The molecule has 0 unspecified atom stereocenters. The number of benzene rings is 4. The molecule has 0 saturated carbocycles. The second kappa shape index (κ2) is 14.1. The van der Waals surface area contributed by atoms with Gasteiger partial charge in [-0.2, -0.15) is 0 Å². The van der Waals surface area contributed by atoms with Crippen molar-refractivity contribution in [2.75, 3.05) is 35.1 Å². The smallest absolute Gasteiger partial charge is 0.414 e. The van der Waals surface area contributed by atoms with E-state index in [9.17, 15) is 14.7 Å². The predicted molar refractivity (Wildman–Crippen MR) is 161 cm³/mol. The Balaban J connectivity index is 1.80. The molecule has 0 aliphatic rings. The molecule has 4 aromatic rings. The van der Waals surface area contributed by atoms with Crippen LogP contribution in [0, 0.1) is 10.1 Å². The minimum atomic E-state index is -4.10. The van der Waals surface area contributed by atoms with E-state index in [0.29, 0.717) is 47.6 Å². The molecule has 208 valence electrons. The van der Waals surface area contributed by atoms with E-state index in [1.54, 1.807) is 60.7 Å². The molecule has 4 aromatic carbocycles. The number of para-hydroxylation sites is 2. The number of nitro groups is 1. The Kier molecular flexibility index (Phi) is 10.3. The molecule has 0 bridgehead atoms. The fourth-order valence-corrected chi connectivity index (χ4v) is 6.37. The van der Waals surface area contributed by atoms with Crippen molar-refractivity contribution in [1.29, 1.82) is 0 Å². The highest BCUT2D eigenvalue weighted by Gasteiger charge is 2.41. The van der Waals surface area contributed by atoms with Crippen molar-refractivity contribution in [3.05, 3.63) is 125 Å². The third-order valence-electron chi connectivity index (χ3n) is 5.91. The molecule has 0 aromatic heterocycles. The standard InChI is InChI=1S/C29H28Cl2N3O5P/c30-18-20-33(21-19-31)25-16-14-23(15-17-25)29(32-24-8-7-9-26(22-24)34(35)36)40(37,38-27-10-3-1-4-11-27)39-28-12-5-2-6-13-28/h1-17,22,29,32H,18-21H2/t29-/m1/s1. The fraction of sp³-hybridized carbons (Fsp3) is 0.172. The van der Waals surface area contributed by atoms with Gasteiger partial charge in [0.15, 0.2) is 5.78 Å². The van der Waals surface area contributed by atoms with Gasteiger partial charge in [-0.05, 0) is 48.0 Å². The summed E-state index contributed by atoms with van der Waals surface area (Å²) in [6.07, 6.45) is 0. The molecule has 1 N–H and O–H groups in total. The molecule has 1 atom stereocenters. The van der Waals surface area contributed by atoms with Crippen LogP contribution in [0.25, 0.3) is 0 Å². The Bertz CT molecular complexity index is 1380. The van der Waals surface area contributed by atoms with Crippen LogP contribution in [0.3, 0.4) is 0 Å². The molecular formula is C29H28Cl2N3O5P. The molecule has 8 nitrogen and oxygen atoms in total. The zero-order valence-corrected chi connectivity index (χ0v) is 23.8. The summed E-state index contributed by atoms with van der Waals surface area (Å²) >= 11 is 12.0. The minimum Gasteiger partial charge on any atom is -0.414 e. The fourth-order valence-electron chi connectivity index (χ4n) is 4.03. The normalized spacial score (nSPS) is 11.8. The first-order valence-electron chi connectivity index (χ1n) is 12.5. The number of hydrogen-bond donors (Lipinski definition) is 1. The summed E-state index contributed by atoms with van der Waals surface area (Å²) in [6.45, 7) is 1.21. The van der Waals surface area contributed by atoms with Crippen molar-refractivity contribution < 1.29 is 18.5 Å². The zero-order chi connectivity index (χ0) is 28.4. The van der Waals surface area contributed by atoms with Crippen LogP contribution in [-0.2, 0) is 4.57 Å². The first kappa shape index (κ1) is 29.3. The number of nitro benzene ring substituents is 1. The Morgan fingerprint density at radius 3 is 1.85 bits per heavy atom. The molecule has 40 heavy (non-hydrogen) atoms. The second-order valence-electron chi connectivity index (χ2n) is 8.66. The van der Waals surface area contributed by atoms with Crippen molar-refractivity contribution in [2.45, 2.75) is 5.78 Å². The average Bonchev–Trinajstić information content (AvgIpc) is 2.97. The number of non-ortho nitro benzene ring substituents is 1. The van der Waals surface area contributed by atoms with E-state index in [-0.39, 0.29) is 5.69 Å². The van der Waals surface area contributed by atoms with Crippen LogP contribution >= 0.6 is 30.8 Å². The highest BCUT2D eigenvalue weighted by Crippen LogP contribution is 2.60. The van der Waals surface area contributed by atoms with E-state index >= 15 is 0 Å². The Morgan fingerprint density at radius 2 is 1.35 bits per heavy atom. The van der Waals surface area contributed by atoms with Crippen LogP contribution in [0.15, 0.2) is 109 Å². The van der Waals surface area contributed by atoms with Gasteiger partial charge in [0.25, 0.3) is 5.69 Å². The summed E-state index contributed by atoms with van der Waals surface area (Å²) in [5.41, 5.74) is 1.74. The molecule has 0 heterocycles. The summed E-state index contributed by atoms with van der Waals surface area (Å²) < 4.78 is 27.1. The van der Waals surface area contributed by atoms with E-state index in [1.807, 2.05) is 41.3 Å². The zero-order valence-electron chi connectivity index (χ0n) is 21.4. The van der Waals surface area contributed by atoms with Crippen LogP contribution in [0.5, 0.6) is 11.5 Å². The SMILES string of the molecule is O=[N+]([O-])c1cccc(N[C@@H](c2ccc(N(CCCl)CCCl)cc2)P(=O)(Oc2ccccc2)Oc2ccccc2)c1. The van der Waals surface area contributed by atoms with Crippen LogP contribution < -0.4 is 19.3 Å². The van der Waals surface area contributed by atoms with Gasteiger partial charge in [-0.15, -0.1) is 23.2 Å². The molecule has 11 heteroatoms. The van der Waals surface area contributed by atoms with Gasteiger partial charge in [0, 0.05) is 48.4 Å². The molecule has 0 fully saturated rings. The molecule has 0 aliphatic carbocycles. The van der Waals surface area contributed by atoms with E-state index in [0.717, 1.165) is 5.69 Å². The predicted octanol–water partition coefficient (Wildman–Crippen LogP) is 8.34. The van der Waals surface area contributed by atoms with Crippen molar-refractivity contribution in [3.63, 3.8) is 0 Å². The number of nitrogens with zero attached hydrogens (tertiary/aromatic N) is 2. The van der Waals surface area contributed by atoms with Crippen molar-refractivity contribution in [1.82, 2.24) is 0 Å². The molecule has 0 spiro atoms. The van der Waals surface area contributed by atoms with E-state index in [1.165, 1.54) is 12.1 Å². The number of halogens is 2. The quantitative estimate of drug-likeness (QED) is 0.0673. The maximum atomic E-state index is 14.8. The Hall–Kier alpha value is -3.71. The molecule has 4 rings (SSSR count). The number of rotatable bonds is 14. The van der Waals surface area contributed by atoms with Crippen LogP contribution in [0.1, 0.15) is 11.3 Å². The summed E-state index contributed by atoms with van der Waals surface area (Å²) in [7, 11) is -4.10. The van der Waals surface area contributed by atoms with Crippen LogP contribution in [0.4, 0.5) is 17.1 Å². The van der Waals surface area contributed by atoms with Crippen LogP contribution in [0.2, 0.25) is 0 Å². The van der Waals surface area contributed by atoms with Gasteiger partial charge in [0.2, 0.25) is 0 Å². The first-order chi connectivity index (χ1) is 19.4. The van der Waals surface area contributed by atoms with E-state index in [4.69, 9.17) is 32.2 Å². The third kappa shape index (κ3) is 7.69. The lowest BCUT2D eigenvalue weighted by molar-refractivity contribution is -0.384. The summed E-state index contributed by atoms with van der Waals surface area (Å²) in [5.74, 6) is 0.513. The van der Waals surface area contributed by atoms with Crippen LogP contribution in [-0.4, -0.2) is 29.8 Å². The maximum absolute atomic E-state index is 14.8. The van der Waals surface area contributed by atoms with E-state index in [2.05, 4.69) is 5.32 Å². The first-order valence-corrected chi connectivity index (χ1v) is 15.2. The van der Waals surface area contributed by atoms with Gasteiger partial charge in [0.1, 0.15) is 11.5 Å². The maximum Gasteiger partial charge on any atom is 0.457 e. The van der Waals surface area contributed by atoms with Gasteiger partial charge in [-0.3, -0.25) is 10.1 Å². The Morgan fingerprint density at radius 1 is 0.800 bits per heavy atom. The average molecular weight is 600 g/mol. The molecule has 0 radical (unpaired) electrons. The Labute approximate surface area is 243 Å². The monoisotopic (exact) mass is 599 g/mol. The topological polar surface area (TPSA) is 93.9 Å². The minimum absolute atomic E-state index is 0.111. The van der Waals surface area contributed by atoms with Gasteiger partial charge >= 0.3 is 7.60 Å². The highest BCUT2D eigenvalue weighted by atomic mass is 35.5. The summed E-state index contributed by atoms with van der Waals surface area (Å²) in [4.78, 5) is 13.0. The van der Waals surface area contributed by atoms with Gasteiger partial charge in [0.05, 0.1) is 4.92 Å². The molecule has 0 amide bonds. The number of alkyl halides is 2. The van der Waals surface area contributed by atoms with Gasteiger partial charge in [-0.25, -0.2) is 4.57 Å². The van der Waals surface area contributed by atoms with Crippen molar-refractivity contribution >= 4 is 47.9 Å². The molecule has 0 aliphatic heterocycles.